The first-order valence-corrected chi connectivity index (χ1v) is 11.5. The fourth-order valence-electron chi connectivity index (χ4n) is 3.32. The van der Waals surface area contributed by atoms with E-state index in [9.17, 15) is 23.3 Å². The number of benzene rings is 2. The highest BCUT2D eigenvalue weighted by Crippen LogP contribution is 2.30. The number of carbonyl (C=O) groups is 1. The molecule has 10 heteroatoms. The molecule has 0 aliphatic carbocycles. The molecule has 0 unspecified atom stereocenters. The number of sulfonamides is 1. The zero-order chi connectivity index (χ0) is 23.1. The van der Waals surface area contributed by atoms with Crippen molar-refractivity contribution in [1.29, 1.82) is 0 Å². The summed E-state index contributed by atoms with van der Waals surface area (Å²) in [5.41, 5.74) is 1.07. The minimum atomic E-state index is -3.71. The van der Waals surface area contributed by atoms with Crippen molar-refractivity contribution in [1.82, 2.24) is 4.31 Å². The lowest BCUT2D eigenvalue weighted by atomic mass is 10.2. The first-order valence-electron chi connectivity index (χ1n) is 10.1. The van der Waals surface area contributed by atoms with Crippen molar-refractivity contribution in [2.24, 2.45) is 0 Å². The van der Waals surface area contributed by atoms with Gasteiger partial charge in [0.25, 0.3) is 5.69 Å². The van der Waals surface area contributed by atoms with Crippen LogP contribution in [0.25, 0.3) is 6.08 Å². The van der Waals surface area contributed by atoms with Gasteiger partial charge in [-0.05, 0) is 54.3 Å². The van der Waals surface area contributed by atoms with Crippen LogP contribution in [0.4, 0.5) is 5.69 Å². The Labute approximate surface area is 186 Å². The SMILES string of the molecule is COc1ccc(C=CC(=O)OCc2ccc([N+](=O)[O-])cc2)cc1S(=O)(=O)N1CCCCC1. The molecule has 0 saturated carbocycles. The van der Waals surface area contributed by atoms with E-state index >= 15 is 0 Å². The number of hydrogen-bond donors (Lipinski definition) is 0. The lowest BCUT2D eigenvalue weighted by Gasteiger charge is -2.26. The molecule has 1 fully saturated rings. The number of methoxy groups -OCH3 is 1. The minimum absolute atomic E-state index is 0.0433. The summed E-state index contributed by atoms with van der Waals surface area (Å²) >= 11 is 0. The molecular weight excluding hydrogens is 436 g/mol. The van der Waals surface area contributed by atoms with E-state index in [0.717, 1.165) is 19.3 Å². The minimum Gasteiger partial charge on any atom is -0.495 e. The van der Waals surface area contributed by atoms with Gasteiger partial charge >= 0.3 is 5.97 Å². The summed E-state index contributed by atoms with van der Waals surface area (Å²) in [4.78, 5) is 22.3. The van der Waals surface area contributed by atoms with Crippen LogP contribution in [0.5, 0.6) is 5.75 Å². The van der Waals surface area contributed by atoms with E-state index in [2.05, 4.69) is 0 Å². The molecule has 1 aliphatic rings. The summed E-state index contributed by atoms with van der Waals surface area (Å²) in [5.74, 6) is -0.381. The van der Waals surface area contributed by atoms with Gasteiger partial charge in [0, 0.05) is 31.3 Å². The number of non-ortho nitro benzene ring substituents is 1. The maximum absolute atomic E-state index is 13.1. The van der Waals surface area contributed by atoms with E-state index in [0.29, 0.717) is 24.2 Å². The predicted molar refractivity (Wildman–Crippen MR) is 118 cm³/mol. The molecule has 0 N–H and O–H groups in total. The van der Waals surface area contributed by atoms with Crippen molar-refractivity contribution in [3.05, 3.63) is 69.8 Å². The van der Waals surface area contributed by atoms with Gasteiger partial charge in [-0.2, -0.15) is 4.31 Å². The van der Waals surface area contributed by atoms with E-state index in [1.165, 1.54) is 53.9 Å². The van der Waals surface area contributed by atoms with Gasteiger partial charge in [0.05, 0.1) is 12.0 Å². The van der Waals surface area contributed by atoms with Crippen molar-refractivity contribution in [2.75, 3.05) is 20.2 Å². The summed E-state index contributed by atoms with van der Waals surface area (Å²) in [6, 6.07) is 10.4. The molecule has 0 aromatic heterocycles. The van der Waals surface area contributed by atoms with Gasteiger partial charge in [-0.3, -0.25) is 10.1 Å². The van der Waals surface area contributed by atoms with Crippen LogP contribution in [0.15, 0.2) is 53.4 Å². The Bertz CT molecular complexity index is 1110. The molecule has 170 valence electrons. The van der Waals surface area contributed by atoms with Crippen LogP contribution in [0.3, 0.4) is 0 Å². The summed E-state index contributed by atoms with van der Waals surface area (Å²) in [6.45, 7) is 0.902. The molecule has 0 bridgehead atoms. The Morgan fingerprint density at radius 1 is 1.12 bits per heavy atom. The van der Waals surface area contributed by atoms with E-state index in [4.69, 9.17) is 9.47 Å². The molecule has 32 heavy (non-hydrogen) atoms. The van der Waals surface area contributed by atoms with Gasteiger partial charge in [0.2, 0.25) is 10.0 Å². The number of nitro benzene ring substituents is 1. The largest absolute Gasteiger partial charge is 0.495 e. The van der Waals surface area contributed by atoms with E-state index < -0.39 is 20.9 Å². The third kappa shape index (κ3) is 5.71. The number of esters is 1. The van der Waals surface area contributed by atoms with E-state index in [1.807, 2.05) is 0 Å². The van der Waals surface area contributed by atoms with Gasteiger partial charge in [0.15, 0.2) is 0 Å². The van der Waals surface area contributed by atoms with Crippen molar-refractivity contribution in [3.8, 4) is 5.75 Å². The highest BCUT2D eigenvalue weighted by atomic mass is 32.2. The molecule has 1 aliphatic heterocycles. The van der Waals surface area contributed by atoms with Gasteiger partial charge in [0.1, 0.15) is 17.3 Å². The monoisotopic (exact) mass is 460 g/mol. The first-order chi connectivity index (χ1) is 15.3. The average Bonchev–Trinajstić information content (AvgIpc) is 2.82. The molecule has 2 aromatic rings. The predicted octanol–water partition coefficient (Wildman–Crippen LogP) is 3.53. The van der Waals surface area contributed by atoms with Crippen LogP contribution >= 0.6 is 0 Å². The third-order valence-electron chi connectivity index (χ3n) is 5.06. The lowest BCUT2D eigenvalue weighted by molar-refractivity contribution is -0.384. The molecule has 9 nitrogen and oxygen atoms in total. The lowest BCUT2D eigenvalue weighted by Crippen LogP contribution is -2.35. The second-order valence-electron chi connectivity index (χ2n) is 7.24. The number of hydrogen-bond acceptors (Lipinski definition) is 7. The second-order valence-corrected chi connectivity index (χ2v) is 9.15. The van der Waals surface area contributed by atoms with Crippen LogP contribution in [0.2, 0.25) is 0 Å². The average molecular weight is 461 g/mol. The number of piperidine rings is 1. The van der Waals surface area contributed by atoms with Gasteiger partial charge in [-0.1, -0.05) is 12.5 Å². The second kappa shape index (κ2) is 10.4. The molecule has 0 atom stereocenters. The zero-order valence-corrected chi connectivity index (χ0v) is 18.4. The Morgan fingerprint density at radius 3 is 2.44 bits per heavy atom. The van der Waals surface area contributed by atoms with E-state index in [1.54, 1.807) is 12.1 Å². The number of rotatable bonds is 8. The third-order valence-corrected chi connectivity index (χ3v) is 6.98. The number of carbonyl (C=O) groups excluding carboxylic acids is 1. The van der Waals surface area contributed by atoms with Crippen LogP contribution < -0.4 is 4.74 Å². The summed E-state index contributed by atoms with van der Waals surface area (Å²) in [7, 11) is -2.30. The zero-order valence-electron chi connectivity index (χ0n) is 17.6. The molecule has 3 rings (SSSR count). The smallest absolute Gasteiger partial charge is 0.331 e. The summed E-state index contributed by atoms with van der Waals surface area (Å²) in [5, 5.41) is 10.7. The number of ether oxygens (including phenoxy) is 2. The Hall–Kier alpha value is -3.24. The van der Waals surface area contributed by atoms with Crippen molar-refractivity contribution in [2.45, 2.75) is 30.8 Å². The maximum Gasteiger partial charge on any atom is 0.331 e. The fourth-order valence-corrected chi connectivity index (χ4v) is 5.03. The number of nitro groups is 1. The van der Waals surface area contributed by atoms with Crippen LogP contribution in [-0.4, -0.2) is 43.8 Å². The van der Waals surface area contributed by atoms with Gasteiger partial charge in [-0.15, -0.1) is 0 Å². The summed E-state index contributed by atoms with van der Waals surface area (Å²) < 4.78 is 38.0. The Balaban J connectivity index is 1.69. The topological polar surface area (TPSA) is 116 Å². The molecule has 1 heterocycles. The standard InChI is InChI=1S/C22H24N2O7S/c1-30-20-11-7-17(15-21(20)32(28,29)23-13-3-2-4-14-23)8-12-22(25)31-16-18-5-9-19(10-6-18)24(26)27/h5-12,15H,2-4,13-14,16H2,1H3. The molecule has 0 radical (unpaired) electrons. The Kier molecular flexibility index (Phi) is 7.60. The highest BCUT2D eigenvalue weighted by Gasteiger charge is 2.29. The van der Waals surface area contributed by atoms with Crippen LogP contribution in [-0.2, 0) is 26.2 Å². The number of nitrogens with zero attached hydrogens (tertiary/aromatic N) is 2. The molecule has 0 amide bonds. The van der Waals surface area contributed by atoms with E-state index in [-0.39, 0.29) is 22.9 Å². The van der Waals surface area contributed by atoms with Gasteiger partial charge < -0.3 is 9.47 Å². The first kappa shape index (κ1) is 23.4. The normalized spacial score (nSPS) is 14.9. The summed E-state index contributed by atoms with van der Waals surface area (Å²) in [6.07, 6.45) is 5.31. The van der Waals surface area contributed by atoms with Crippen LogP contribution in [0, 0.1) is 10.1 Å². The van der Waals surface area contributed by atoms with Crippen LogP contribution in [0.1, 0.15) is 30.4 Å². The van der Waals surface area contributed by atoms with Crippen molar-refractivity contribution < 1.29 is 27.6 Å². The molecular formula is C22H24N2O7S. The maximum atomic E-state index is 13.1. The van der Waals surface area contributed by atoms with Crippen molar-refractivity contribution >= 4 is 27.8 Å². The quantitative estimate of drug-likeness (QED) is 0.256. The molecule has 1 saturated heterocycles. The fraction of sp³-hybridized carbons (Fsp3) is 0.318. The highest BCUT2D eigenvalue weighted by molar-refractivity contribution is 7.89. The van der Waals surface area contributed by atoms with Crippen molar-refractivity contribution in [3.63, 3.8) is 0 Å². The Morgan fingerprint density at radius 2 is 1.81 bits per heavy atom. The molecule has 0 spiro atoms. The van der Waals surface area contributed by atoms with Gasteiger partial charge in [-0.25, -0.2) is 13.2 Å². The molecule has 2 aromatic carbocycles.